The summed E-state index contributed by atoms with van der Waals surface area (Å²) in [5, 5.41) is 14.7. The molecule has 0 saturated carbocycles. The topological polar surface area (TPSA) is 192 Å². The number of carbonyl (C=O) groups is 7. The third-order valence-corrected chi connectivity index (χ3v) is 8.37. The van der Waals surface area contributed by atoms with Gasteiger partial charge in [-0.25, -0.2) is 19.3 Å². The Hall–Kier alpha value is -4.70. The maximum atomic E-state index is 13.3. The number of imide groups is 1. The Kier molecular flexibility index (Phi) is 8.50. The highest BCUT2D eigenvalue weighted by molar-refractivity contribution is 8.00. The normalized spacial score (nSPS) is 21.0. The summed E-state index contributed by atoms with van der Waals surface area (Å²) in [6.07, 6.45) is 1.08. The minimum atomic E-state index is -1.35. The molecule has 1 aromatic carbocycles. The van der Waals surface area contributed by atoms with Gasteiger partial charge in [-0.1, -0.05) is 12.1 Å². The Morgan fingerprint density at radius 2 is 2.02 bits per heavy atom. The van der Waals surface area contributed by atoms with Crippen LogP contribution in [-0.4, -0.2) is 107 Å². The van der Waals surface area contributed by atoms with Crippen LogP contribution in [-0.2, 0) is 44.7 Å². The van der Waals surface area contributed by atoms with Crippen LogP contribution in [0.25, 0.3) is 0 Å². The second-order valence-electron chi connectivity index (χ2n) is 9.90. The maximum absolute atomic E-state index is 13.3. The average Bonchev–Trinajstić information content (AvgIpc) is 3.66. The molecule has 16 heteroatoms. The molecule has 1 unspecified atom stereocenters. The number of fused-ring (bicyclic) bond motifs is 1. The lowest BCUT2D eigenvalue weighted by atomic mass is 10.0. The monoisotopic (exact) mass is 613 g/mol. The lowest BCUT2D eigenvalue weighted by molar-refractivity contribution is -0.151. The number of carboxylic acids is 1. The van der Waals surface area contributed by atoms with E-state index in [0.717, 1.165) is 9.80 Å². The molecule has 4 heterocycles. The van der Waals surface area contributed by atoms with E-state index in [1.165, 1.54) is 41.8 Å². The Labute approximate surface area is 248 Å². The van der Waals surface area contributed by atoms with Gasteiger partial charge in [-0.2, -0.15) is 0 Å². The maximum Gasteiger partial charge on any atom is 0.352 e. The average molecular weight is 614 g/mol. The van der Waals surface area contributed by atoms with Gasteiger partial charge in [-0.3, -0.25) is 29.4 Å². The van der Waals surface area contributed by atoms with Crippen LogP contribution in [0, 0.1) is 0 Å². The molecule has 0 radical (unpaired) electrons. The Morgan fingerprint density at radius 1 is 1.23 bits per heavy atom. The van der Waals surface area contributed by atoms with Crippen molar-refractivity contribution >= 4 is 59.1 Å². The van der Waals surface area contributed by atoms with Gasteiger partial charge in [0.25, 0.3) is 11.8 Å². The summed E-state index contributed by atoms with van der Waals surface area (Å²) < 4.78 is 9.77. The molecule has 0 spiro atoms. The van der Waals surface area contributed by atoms with Gasteiger partial charge in [-0.15, -0.1) is 11.8 Å². The fourth-order valence-electron chi connectivity index (χ4n) is 4.98. The van der Waals surface area contributed by atoms with Gasteiger partial charge in [0.15, 0.2) is 0 Å². The van der Waals surface area contributed by atoms with E-state index in [0.29, 0.717) is 18.7 Å². The zero-order chi connectivity index (χ0) is 30.8. The van der Waals surface area contributed by atoms with E-state index in [1.807, 2.05) is 0 Å². The van der Waals surface area contributed by atoms with Crippen LogP contribution >= 0.6 is 11.8 Å². The smallest absolute Gasteiger partial charge is 0.352 e. The Balaban J connectivity index is 1.29. The van der Waals surface area contributed by atoms with Gasteiger partial charge in [-0.05, 0) is 23.8 Å². The molecule has 3 N–H and O–H groups in total. The first-order valence-corrected chi connectivity index (χ1v) is 14.2. The van der Waals surface area contributed by atoms with E-state index in [2.05, 4.69) is 10.6 Å². The molecular formula is C27H27N5O10S. The van der Waals surface area contributed by atoms with Crippen molar-refractivity contribution in [3.63, 3.8) is 0 Å². The van der Waals surface area contributed by atoms with Gasteiger partial charge >= 0.3 is 23.9 Å². The number of benzene rings is 1. The first-order valence-electron chi connectivity index (χ1n) is 13.2. The van der Waals surface area contributed by atoms with Crippen molar-refractivity contribution in [2.24, 2.45) is 0 Å². The number of β-lactam (4-membered cyclic amide) rings is 1. The van der Waals surface area contributed by atoms with Crippen LogP contribution in [0.15, 0.2) is 47.2 Å². The van der Waals surface area contributed by atoms with Crippen LogP contribution < -0.4 is 15.5 Å². The number of cyclic esters (lactones) is 1. The summed E-state index contributed by atoms with van der Waals surface area (Å²) in [7, 11) is 0. The van der Waals surface area contributed by atoms with E-state index < -0.39 is 53.1 Å². The summed E-state index contributed by atoms with van der Waals surface area (Å²) in [5.74, 6) is -4.60. The standard InChI is InChI=1S/C27H27N5O10S/c1-14(33)42-11-16-12-43-24-20(23(36)32(24)21(16)25(37)38)29-19(34)10-15-3-2-4-17(9-15)31(27(40)30-7-6-28-13-30)22(35)18-5-8-41-26(18)39/h2-5,9,20,24,28H,6-8,10-13H2,1H3,(H,29,34)(H,37,38)/t20?,24-/m0/s1. The second-order valence-corrected chi connectivity index (χ2v) is 11.0. The fraction of sp³-hybridized carbons (Fsp3) is 0.370. The molecule has 0 aliphatic carbocycles. The summed E-state index contributed by atoms with van der Waals surface area (Å²) in [6.45, 7) is 1.95. The van der Waals surface area contributed by atoms with Gasteiger partial charge in [0.2, 0.25) is 5.91 Å². The van der Waals surface area contributed by atoms with Gasteiger partial charge in [0.05, 0.1) is 18.8 Å². The number of carbonyl (C=O) groups excluding carboxylic acids is 6. The minimum Gasteiger partial charge on any atom is -0.477 e. The zero-order valence-corrected chi connectivity index (χ0v) is 23.7. The number of nitrogens with zero attached hydrogens (tertiary/aromatic N) is 3. The first kappa shape index (κ1) is 29.8. The Bertz CT molecular complexity index is 1480. The van der Waals surface area contributed by atoms with E-state index in [4.69, 9.17) is 9.47 Å². The lowest BCUT2D eigenvalue weighted by Crippen LogP contribution is -2.70. The van der Waals surface area contributed by atoms with Crippen LogP contribution in [0.2, 0.25) is 0 Å². The molecule has 43 heavy (non-hydrogen) atoms. The molecule has 226 valence electrons. The van der Waals surface area contributed by atoms with Crippen molar-refractivity contribution < 1.29 is 48.1 Å². The van der Waals surface area contributed by atoms with E-state index in [1.54, 1.807) is 12.1 Å². The SMILES string of the molecule is CC(=O)OCC1=C(C(=O)O)N2C(=O)C(NC(=O)Cc3cccc(N(C(=O)C4=CCOC4=O)C(=O)N4CCNC4)c3)[C@@H]2SC1. The molecule has 5 rings (SSSR count). The highest BCUT2D eigenvalue weighted by Crippen LogP contribution is 2.40. The molecule has 2 fully saturated rings. The summed E-state index contributed by atoms with van der Waals surface area (Å²) in [5.41, 5.74) is 0.291. The molecule has 2 saturated heterocycles. The molecule has 0 bridgehead atoms. The van der Waals surface area contributed by atoms with Crippen LogP contribution in [0.5, 0.6) is 0 Å². The van der Waals surface area contributed by atoms with Crippen molar-refractivity contribution in [1.29, 1.82) is 0 Å². The van der Waals surface area contributed by atoms with Crippen LogP contribution in [0.3, 0.4) is 0 Å². The summed E-state index contributed by atoms with van der Waals surface area (Å²) in [4.78, 5) is 91.1. The number of ether oxygens (including phenoxy) is 2. The van der Waals surface area contributed by atoms with Crippen LogP contribution in [0.4, 0.5) is 10.5 Å². The molecule has 4 aliphatic rings. The number of aliphatic carboxylic acids is 1. The molecule has 15 nitrogen and oxygen atoms in total. The van der Waals surface area contributed by atoms with Gasteiger partial charge in [0, 0.05) is 31.3 Å². The number of hydrogen-bond donors (Lipinski definition) is 3. The van der Waals surface area contributed by atoms with Crippen molar-refractivity contribution in [2.75, 3.05) is 43.6 Å². The molecule has 0 aromatic heterocycles. The molecular weight excluding hydrogens is 586 g/mol. The van der Waals surface area contributed by atoms with Gasteiger partial charge in [0.1, 0.15) is 35.9 Å². The zero-order valence-electron chi connectivity index (χ0n) is 22.9. The lowest BCUT2D eigenvalue weighted by Gasteiger charge is -2.49. The predicted octanol–water partition coefficient (Wildman–Crippen LogP) is -0.670. The van der Waals surface area contributed by atoms with Crippen molar-refractivity contribution in [3.05, 3.63) is 52.7 Å². The van der Waals surface area contributed by atoms with E-state index in [-0.39, 0.29) is 54.6 Å². The number of hydrogen-bond acceptors (Lipinski definition) is 11. The van der Waals surface area contributed by atoms with Crippen molar-refractivity contribution in [3.8, 4) is 0 Å². The number of anilines is 1. The molecule has 4 aliphatic heterocycles. The fourth-order valence-corrected chi connectivity index (χ4v) is 6.31. The quantitative estimate of drug-likeness (QED) is 0.191. The number of nitrogens with one attached hydrogen (secondary N) is 2. The molecule has 5 amide bonds. The first-order chi connectivity index (χ1) is 20.6. The highest BCUT2D eigenvalue weighted by atomic mass is 32.2. The third-order valence-electron chi connectivity index (χ3n) is 7.03. The van der Waals surface area contributed by atoms with E-state index in [9.17, 15) is 38.7 Å². The molecule has 1 aromatic rings. The predicted molar refractivity (Wildman–Crippen MR) is 148 cm³/mol. The van der Waals surface area contributed by atoms with Crippen LogP contribution in [0.1, 0.15) is 12.5 Å². The number of rotatable bonds is 8. The number of esters is 2. The highest BCUT2D eigenvalue weighted by Gasteiger charge is 2.54. The minimum absolute atomic E-state index is 0.0821. The number of thioether (sulfide) groups is 1. The molecule has 2 atom stereocenters. The number of amides is 5. The van der Waals surface area contributed by atoms with E-state index >= 15 is 0 Å². The largest absolute Gasteiger partial charge is 0.477 e. The summed E-state index contributed by atoms with van der Waals surface area (Å²) >= 11 is 1.23. The van der Waals surface area contributed by atoms with Gasteiger partial charge < -0.3 is 24.8 Å². The Morgan fingerprint density at radius 3 is 2.67 bits per heavy atom. The van der Waals surface area contributed by atoms with Crippen molar-refractivity contribution in [1.82, 2.24) is 20.4 Å². The number of carboxylic acid groups (broad SMARTS) is 1. The van der Waals surface area contributed by atoms with Crippen molar-refractivity contribution in [2.45, 2.75) is 24.8 Å². The summed E-state index contributed by atoms with van der Waals surface area (Å²) in [6, 6.07) is 4.50. The second kappa shape index (κ2) is 12.3. The number of urea groups is 1. The third kappa shape index (κ3) is 5.96.